The highest BCUT2D eigenvalue weighted by molar-refractivity contribution is 5.77. The van der Waals surface area contributed by atoms with Crippen molar-refractivity contribution in [2.75, 3.05) is 6.61 Å². The first-order valence-corrected chi connectivity index (χ1v) is 7.40. The maximum Gasteiger partial charge on any atom is 0.336 e. The van der Waals surface area contributed by atoms with Crippen LogP contribution in [0.15, 0.2) is 39.5 Å². The molecule has 0 amide bonds. The normalized spacial score (nSPS) is 33.5. The monoisotopic (exact) mass is 338 g/mol. The zero-order chi connectivity index (χ0) is 17.5. The molecule has 0 saturated carbocycles. The van der Waals surface area contributed by atoms with Gasteiger partial charge in [0.25, 0.3) is 0 Å². The molecule has 1 aromatic carbocycles. The number of hydrogen-bond acceptors (Lipinski definition) is 8. The molecule has 130 valence electrons. The van der Waals surface area contributed by atoms with Crippen LogP contribution in [0.4, 0.5) is 0 Å². The summed E-state index contributed by atoms with van der Waals surface area (Å²) in [5.74, 6) is -1.49. The third-order valence-electron chi connectivity index (χ3n) is 4.07. The van der Waals surface area contributed by atoms with E-state index in [0.717, 1.165) is 0 Å². The van der Waals surface area contributed by atoms with Gasteiger partial charge in [0.1, 0.15) is 35.7 Å². The molecule has 0 unspecified atom stereocenters. The Morgan fingerprint density at radius 2 is 1.88 bits per heavy atom. The molecular weight excluding hydrogens is 320 g/mol. The quantitative estimate of drug-likeness (QED) is 0.544. The third kappa shape index (κ3) is 2.90. The number of rotatable bonds is 3. The summed E-state index contributed by atoms with van der Waals surface area (Å²) < 4.78 is 16.1. The minimum absolute atomic E-state index is 0.221. The predicted octanol–water partition coefficient (Wildman–Crippen LogP) is -0.638. The van der Waals surface area contributed by atoms with Gasteiger partial charge in [0.05, 0.1) is 6.61 Å². The molecule has 1 saturated heterocycles. The highest BCUT2D eigenvalue weighted by Gasteiger charge is 2.52. The standard InChI is InChI=1S/C16H18O8/c1-16(15(21)14(20)13(19)11(7-17)24-16)23-9-4-2-8-3-5-12(18)22-10(8)6-9/h2-6,11,13-15,17,19-21H,7H2,1H3/t11-,13-,14+,15-,16-/m1/s1. The lowest BCUT2D eigenvalue weighted by Gasteiger charge is -2.46. The number of hydrogen-bond donors (Lipinski definition) is 4. The molecule has 0 spiro atoms. The molecule has 8 nitrogen and oxygen atoms in total. The van der Waals surface area contributed by atoms with Crippen LogP contribution in [0.1, 0.15) is 6.92 Å². The molecule has 0 aliphatic carbocycles. The summed E-state index contributed by atoms with van der Waals surface area (Å²) in [5, 5.41) is 39.8. The van der Waals surface area contributed by atoms with E-state index in [1.807, 2.05) is 0 Å². The highest BCUT2D eigenvalue weighted by atomic mass is 16.7. The molecule has 2 aromatic rings. The SMILES string of the molecule is C[C@@]1(Oc2ccc3ccc(=O)oc3c2)O[C@H](CO)[C@@H](O)[C@H](O)[C@H]1O. The smallest absolute Gasteiger partial charge is 0.336 e. The van der Waals surface area contributed by atoms with Crippen LogP contribution in [0, 0.1) is 0 Å². The van der Waals surface area contributed by atoms with Crippen molar-refractivity contribution in [3.63, 3.8) is 0 Å². The van der Waals surface area contributed by atoms with Crippen molar-refractivity contribution in [2.45, 2.75) is 37.1 Å². The van der Waals surface area contributed by atoms with Gasteiger partial charge in [0.2, 0.25) is 5.79 Å². The molecule has 0 radical (unpaired) electrons. The van der Waals surface area contributed by atoms with Gasteiger partial charge in [-0.1, -0.05) is 0 Å². The van der Waals surface area contributed by atoms with Gasteiger partial charge in [0.15, 0.2) is 0 Å². The molecule has 4 N–H and O–H groups in total. The lowest BCUT2D eigenvalue weighted by molar-refractivity contribution is -0.329. The Kier molecular flexibility index (Phi) is 4.33. The fraction of sp³-hybridized carbons (Fsp3) is 0.438. The Hall–Kier alpha value is -1.97. The Morgan fingerprint density at radius 1 is 1.17 bits per heavy atom. The first-order valence-electron chi connectivity index (χ1n) is 7.40. The summed E-state index contributed by atoms with van der Waals surface area (Å²) in [6, 6.07) is 7.57. The van der Waals surface area contributed by atoms with Gasteiger partial charge in [-0.15, -0.1) is 0 Å². The Bertz CT molecular complexity index is 785. The maximum absolute atomic E-state index is 11.3. The molecular formula is C16H18O8. The molecule has 1 aliphatic rings. The van der Waals surface area contributed by atoms with Crippen molar-refractivity contribution in [3.8, 4) is 5.75 Å². The second-order valence-corrected chi connectivity index (χ2v) is 5.84. The van der Waals surface area contributed by atoms with Crippen LogP contribution in [0.25, 0.3) is 11.0 Å². The van der Waals surface area contributed by atoms with E-state index in [-0.39, 0.29) is 11.3 Å². The van der Waals surface area contributed by atoms with Crippen molar-refractivity contribution in [2.24, 2.45) is 0 Å². The minimum Gasteiger partial charge on any atom is -0.460 e. The van der Waals surface area contributed by atoms with Crippen molar-refractivity contribution in [1.29, 1.82) is 0 Å². The van der Waals surface area contributed by atoms with Crippen molar-refractivity contribution >= 4 is 11.0 Å². The number of benzene rings is 1. The van der Waals surface area contributed by atoms with Crippen LogP contribution >= 0.6 is 0 Å². The summed E-state index contributed by atoms with van der Waals surface area (Å²) >= 11 is 0. The average Bonchev–Trinajstić information content (AvgIpc) is 2.56. The van der Waals surface area contributed by atoms with Crippen molar-refractivity contribution < 1.29 is 34.3 Å². The molecule has 1 fully saturated rings. The fourth-order valence-electron chi connectivity index (χ4n) is 2.73. The maximum atomic E-state index is 11.3. The first kappa shape index (κ1) is 16.9. The van der Waals surface area contributed by atoms with Gasteiger partial charge >= 0.3 is 5.63 Å². The summed E-state index contributed by atoms with van der Waals surface area (Å²) in [6.07, 6.45) is -5.68. The van der Waals surface area contributed by atoms with E-state index < -0.39 is 42.4 Å². The van der Waals surface area contributed by atoms with Crippen molar-refractivity contribution in [1.82, 2.24) is 0 Å². The second-order valence-electron chi connectivity index (χ2n) is 5.84. The van der Waals surface area contributed by atoms with Crippen molar-refractivity contribution in [3.05, 3.63) is 40.8 Å². The van der Waals surface area contributed by atoms with E-state index in [2.05, 4.69) is 0 Å². The van der Waals surface area contributed by atoms with Gasteiger partial charge in [-0.2, -0.15) is 0 Å². The molecule has 1 aromatic heterocycles. The average molecular weight is 338 g/mol. The van der Waals surface area contributed by atoms with Crippen LogP contribution in [-0.2, 0) is 4.74 Å². The molecule has 2 heterocycles. The summed E-state index contributed by atoms with van der Waals surface area (Å²) in [7, 11) is 0. The van der Waals surface area contributed by atoms with Gasteiger partial charge < -0.3 is 34.3 Å². The number of fused-ring (bicyclic) bond motifs is 1. The number of ether oxygens (including phenoxy) is 2. The lowest BCUT2D eigenvalue weighted by atomic mass is 9.93. The summed E-state index contributed by atoms with van der Waals surface area (Å²) in [5.41, 5.74) is -0.230. The van der Waals surface area contributed by atoms with Crippen LogP contribution in [0.5, 0.6) is 5.75 Å². The molecule has 5 atom stereocenters. The van der Waals surface area contributed by atoms with E-state index in [1.54, 1.807) is 18.2 Å². The van der Waals surface area contributed by atoms with Gasteiger partial charge in [0, 0.05) is 24.4 Å². The Morgan fingerprint density at radius 3 is 2.58 bits per heavy atom. The summed E-state index contributed by atoms with van der Waals surface area (Å²) in [6.45, 7) is 0.817. The van der Waals surface area contributed by atoms with Crippen LogP contribution < -0.4 is 10.4 Å². The first-order chi connectivity index (χ1) is 11.3. The fourth-order valence-corrected chi connectivity index (χ4v) is 2.73. The van der Waals surface area contributed by atoms with Gasteiger partial charge in [-0.05, 0) is 18.2 Å². The zero-order valence-electron chi connectivity index (χ0n) is 12.8. The van der Waals surface area contributed by atoms with E-state index in [9.17, 15) is 25.2 Å². The van der Waals surface area contributed by atoms with E-state index in [4.69, 9.17) is 13.9 Å². The molecule has 8 heteroatoms. The van der Waals surface area contributed by atoms with Gasteiger partial charge in [-0.25, -0.2) is 4.79 Å². The third-order valence-corrected chi connectivity index (χ3v) is 4.07. The van der Waals surface area contributed by atoms with Crippen LogP contribution in [0.3, 0.4) is 0 Å². The zero-order valence-corrected chi connectivity index (χ0v) is 12.8. The molecule has 24 heavy (non-hydrogen) atoms. The number of aliphatic hydroxyl groups is 4. The second kappa shape index (κ2) is 6.15. The van der Waals surface area contributed by atoms with Crippen LogP contribution in [-0.4, -0.2) is 57.2 Å². The van der Waals surface area contributed by atoms with E-state index >= 15 is 0 Å². The predicted molar refractivity (Wildman–Crippen MR) is 81.5 cm³/mol. The summed E-state index contributed by atoms with van der Waals surface area (Å²) in [4.78, 5) is 11.3. The molecule has 0 bridgehead atoms. The van der Waals surface area contributed by atoms with Gasteiger partial charge in [-0.3, -0.25) is 0 Å². The topological polar surface area (TPSA) is 130 Å². The largest absolute Gasteiger partial charge is 0.460 e. The van der Waals surface area contributed by atoms with E-state index in [1.165, 1.54) is 19.1 Å². The van der Waals surface area contributed by atoms with E-state index in [0.29, 0.717) is 5.39 Å². The highest BCUT2D eigenvalue weighted by Crippen LogP contribution is 2.33. The molecule has 3 rings (SSSR count). The minimum atomic E-state index is -1.71. The number of aliphatic hydroxyl groups excluding tert-OH is 4. The molecule has 1 aliphatic heterocycles. The van der Waals surface area contributed by atoms with Crippen LogP contribution in [0.2, 0.25) is 0 Å². The Balaban J connectivity index is 1.92. The lowest BCUT2D eigenvalue weighted by Crippen LogP contribution is -2.66. The Labute approximate surface area is 136 Å².